The maximum Gasteiger partial charge on any atom is 0.377 e. The van der Waals surface area contributed by atoms with Crippen molar-refractivity contribution in [3.63, 3.8) is 0 Å². The average molecular weight is 267 g/mol. The number of rotatable bonds is 4. The molecular formula is C14H25NO2Si. The fourth-order valence-corrected chi connectivity index (χ4v) is 5.68. The highest BCUT2D eigenvalue weighted by molar-refractivity contribution is 6.83. The van der Waals surface area contributed by atoms with Crippen LogP contribution in [0.25, 0.3) is 0 Å². The number of hydrogen-bond acceptors (Lipinski definition) is 3. The molecule has 0 aromatic heterocycles. The molecular weight excluding hydrogens is 242 g/mol. The lowest BCUT2D eigenvalue weighted by Gasteiger charge is -2.39. The number of hydrogen-bond donors (Lipinski definition) is 0. The van der Waals surface area contributed by atoms with Gasteiger partial charge in [-0.3, -0.25) is 0 Å². The van der Waals surface area contributed by atoms with Crippen LogP contribution in [0.15, 0.2) is 24.3 Å². The van der Waals surface area contributed by atoms with Crippen LogP contribution in [-0.4, -0.2) is 36.9 Å². The van der Waals surface area contributed by atoms with Gasteiger partial charge in [0.15, 0.2) is 0 Å². The molecule has 0 aliphatic carbocycles. The van der Waals surface area contributed by atoms with Gasteiger partial charge in [-0.1, -0.05) is 32.9 Å². The van der Waals surface area contributed by atoms with E-state index in [2.05, 4.69) is 49.9 Å². The molecule has 0 spiro atoms. The van der Waals surface area contributed by atoms with Gasteiger partial charge in [0.05, 0.1) is 0 Å². The molecule has 1 rings (SSSR count). The van der Waals surface area contributed by atoms with E-state index in [4.69, 9.17) is 8.85 Å². The quantitative estimate of drug-likeness (QED) is 0.782. The second-order valence-corrected chi connectivity index (χ2v) is 9.84. The van der Waals surface area contributed by atoms with Crippen LogP contribution in [0.2, 0.25) is 5.04 Å². The average Bonchev–Trinajstić information content (AvgIpc) is 2.30. The molecule has 0 saturated heterocycles. The summed E-state index contributed by atoms with van der Waals surface area (Å²) >= 11 is 0. The van der Waals surface area contributed by atoms with Crippen LogP contribution in [0, 0.1) is 0 Å². The molecule has 1 aromatic rings. The van der Waals surface area contributed by atoms with E-state index in [9.17, 15) is 0 Å². The van der Waals surface area contributed by atoms with Crippen molar-refractivity contribution in [1.29, 1.82) is 0 Å². The van der Waals surface area contributed by atoms with Gasteiger partial charge in [0, 0.05) is 39.0 Å². The van der Waals surface area contributed by atoms with Crippen molar-refractivity contribution in [3.05, 3.63) is 24.3 Å². The van der Waals surface area contributed by atoms with E-state index >= 15 is 0 Å². The van der Waals surface area contributed by atoms with Gasteiger partial charge < -0.3 is 13.8 Å². The molecule has 1 aromatic carbocycles. The van der Waals surface area contributed by atoms with Gasteiger partial charge in [-0.15, -0.1) is 0 Å². The maximum absolute atomic E-state index is 5.84. The Balaban J connectivity index is 3.23. The Labute approximate surface area is 112 Å². The molecule has 0 bridgehead atoms. The molecule has 102 valence electrons. The monoisotopic (exact) mass is 267 g/mol. The minimum Gasteiger partial charge on any atom is -0.394 e. The minimum absolute atomic E-state index is 0.0177. The SMILES string of the molecule is CO[Si](OC)(c1ccc(N(C)C)cc1)C(C)(C)C. The summed E-state index contributed by atoms with van der Waals surface area (Å²) in [5.74, 6) is 0. The molecule has 0 heterocycles. The normalized spacial score (nSPS) is 12.6. The van der Waals surface area contributed by atoms with E-state index in [1.807, 2.05) is 14.1 Å². The molecule has 0 aliphatic heterocycles. The smallest absolute Gasteiger partial charge is 0.377 e. The molecule has 0 N–H and O–H groups in total. The van der Waals surface area contributed by atoms with Crippen molar-refractivity contribution in [2.24, 2.45) is 0 Å². The summed E-state index contributed by atoms with van der Waals surface area (Å²) in [7, 11) is 5.18. The van der Waals surface area contributed by atoms with Gasteiger partial charge in [0.25, 0.3) is 0 Å². The second kappa shape index (κ2) is 5.43. The largest absolute Gasteiger partial charge is 0.394 e. The molecule has 0 saturated carbocycles. The van der Waals surface area contributed by atoms with Gasteiger partial charge in [0.1, 0.15) is 0 Å². The van der Waals surface area contributed by atoms with Crippen molar-refractivity contribution >= 4 is 19.4 Å². The predicted octanol–water partition coefficient (Wildman–Crippen LogP) is 2.49. The van der Waals surface area contributed by atoms with Crippen LogP contribution in [0.1, 0.15) is 20.8 Å². The van der Waals surface area contributed by atoms with E-state index in [1.54, 1.807) is 14.2 Å². The van der Waals surface area contributed by atoms with Crippen molar-refractivity contribution in [2.75, 3.05) is 33.2 Å². The molecule has 0 radical (unpaired) electrons. The first-order valence-electron chi connectivity index (χ1n) is 6.16. The first-order valence-corrected chi connectivity index (χ1v) is 7.98. The number of anilines is 1. The van der Waals surface area contributed by atoms with Crippen LogP contribution in [-0.2, 0) is 8.85 Å². The van der Waals surface area contributed by atoms with Gasteiger partial charge in [-0.25, -0.2) is 0 Å². The Morgan fingerprint density at radius 3 is 1.67 bits per heavy atom. The van der Waals surface area contributed by atoms with Gasteiger partial charge in [-0.2, -0.15) is 0 Å². The van der Waals surface area contributed by atoms with Crippen LogP contribution >= 0.6 is 0 Å². The first-order chi connectivity index (χ1) is 8.28. The highest BCUT2D eigenvalue weighted by Crippen LogP contribution is 2.36. The van der Waals surface area contributed by atoms with Crippen molar-refractivity contribution in [3.8, 4) is 0 Å². The Kier molecular flexibility index (Phi) is 4.59. The Bertz CT molecular complexity index is 378. The molecule has 0 unspecified atom stereocenters. The summed E-state index contributed by atoms with van der Waals surface area (Å²) in [6.07, 6.45) is 0. The Hall–Kier alpha value is -0.843. The maximum atomic E-state index is 5.84. The van der Waals surface area contributed by atoms with Gasteiger partial charge in [-0.05, 0) is 17.3 Å². The van der Waals surface area contributed by atoms with Crippen molar-refractivity contribution in [1.82, 2.24) is 0 Å². The lowest BCUT2D eigenvalue weighted by molar-refractivity contribution is 0.230. The van der Waals surface area contributed by atoms with Crippen LogP contribution < -0.4 is 10.1 Å². The topological polar surface area (TPSA) is 21.7 Å². The van der Waals surface area contributed by atoms with Crippen molar-refractivity contribution in [2.45, 2.75) is 25.8 Å². The minimum atomic E-state index is -2.40. The third-order valence-corrected chi connectivity index (χ3v) is 7.54. The fourth-order valence-electron chi connectivity index (χ4n) is 2.34. The van der Waals surface area contributed by atoms with E-state index in [-0.39, 0.29) is 5.04 Å². The molecule has 4 heteroatoms. The third kappa shape index (κ3) is 2.60. The fraction of sp³-hybridized carbons (Fsp3) is 0.571. The van der Waals surface area contributed by atoms with E-state index in [1.165, 1.54) is 10.9 Å². The summed E-state index contributed by atoms with van der Waals surface area (Å²) in [4.78, 5) is 2.09. The van der Waals surface area contributed by atoms with Crippen LogP contribution in [0.5, 0.6) is 0 Å². The zero-order valence-corrected chi connectivity index (χ0v) is 13.6. The first kappa shape index (κ1) is 15.2. The summed E-state index contributed by atoms with van der Waals surface area (Å²) in [5.41, 5.74) is 1.18. The lowest BCUT2D eigenvalue weighted by Crippen LogP contribution is -2.59. The third-order valence-electron chi connectivity index (χ3n) is 3.33. The summed E-state index contributed by atoms with van der Waals surface area (Å²) in [6.45, 7) is 6.52. The van der Waals surface area contributed by atoms with E-state index in [0.29, 0.717) is 0 Å². The zero-order chi connectivity index (χ0) is 14.0. The standard InChI is InChI=1S/C14H25NO2Si/c1-14(2,3)18(16-6,17-7)13-10-8-12(9-11-13)15(4)5/h8-11H,1-7H3. The van der Waals surface area contributed by atoms with Crippen LogP contribution in [0.4, 0.5) is 5.69 Å². The summed E-state index contributed by atoms with van der Waals surface area (Å²) in [5, 5.41) is 1.15. The molecule has 3 nitrogen and oxygen atoms in total. The second-order valence-electron chi connectivity index (χ2n) is 5.72. The predicted molar refractivity (Wildman–Crippen MR) is 79.9 cm³/mol. The summed E-state index contributed by atoms with van der Waals surface area (Å²) in [6, 6.07) is 8.47. The number of benzene rings is 1. The van der Waals surface area contributed by atoms with Crippen LogP contribution in [0.3, 0.4) is 0 Å². The Morgan fingerprint density at radius 2 is 1.39 bits per heavy atom. The summed E-state index contributed by atoms with van der Waals surface area (Å²) < 4.78 is 11.7. The molecule has 18 heavy (non-hydrogen) atoms. The molecule has 0 atom stereocenters. The lowest BCUT2D eigenvalue weighted by atomic mass is 10.2. The van der Waals surface area contributed by atoms with Crippen molar-refractivity contribution < 1.29 is 8.85 Å². The molecule has 0 amide bonds. The van der Waals surface area contributed by atoms with E-state index < -0.39 is 8.56 Å². The van der Waals surface area contributed by atoms with Gasteiger partial charge in [0.2, 0.25) is 0 Å². The van der Waals surface area contributed by atoms with Gasteiger partial charge >= 0.3 is 8.56 Å². The molecule has 0 fully saturated rings. The number of nitrogens with zero attached hydrogens (tertiary/aromatic N) is 1. The van der Waals surface area contributed by atoms with E-state index in [0.717, 1.165) is 0 Å². The Morgan fingerprint density at radius 1 is 0.944 bits per heavy atom. The molecule has 0 aliphatic rings. The highest BCUT2D eigenvalue weighted by atomic mass is 28.4. The highest BCUT2D eigenvalue weighted by Gasteiger charge is 2.49. The zero-order valence-electron chi connectivity index (χ0n) is 12.6.